The number of benzene rings is 2. The molecule has 4 atom stereocenters. The highest BCUT2D eigenvalue weighted by Crippen LogP contribution is 2.40. The van der Waals surface area contributed by atoms with E-state index in [1.54, 1.807) is 28.7 Å². The summed E-state index contributed by atoms with van der Waals surface area (Å²) in [7, 11) is 0. The van der Waals surface area contributed by atoms with E-state index < -0.39 is 18.1 Å². The molecule has 0 radical (unpaired) electrons. The van der Waals surface area contributed by atoms with Gasteiger partial charge in [0.15, 0.2) is 11.2 Å². The maximum Gasteiger partial charge on any atom is 0.257 e. The second-order valence-electron chi connectivity index (χ2n) is 11.3. The van der Waals surface area contributed by atoms with Gasteiger partial charge >= 0.3 is 0 Å². The number of alkyl halides is 1. The lowest BCUT2D eigenvalue weighted by Crippen LogP contribution is -2.46. The molecule has 2 saturated heterocycles. The fourth-order valence-electron chi connectivity index (χ4n) is 6.69. The predicted molar refractivity (Wildman–Crippen MR) is 167 cm³/mol. The highest BCUT2D eigenvalue weighted by atomic mass is 35.5. The first-order valence-corrected chi connectivity index (χ1v) is 15.9. The monoisotopic (exact) mass is 636 g/mol. The van der Waals surface area contributed by atoms with Crippen LogP contribution in [0.25, 0.3) is 22.0 Å². The molecular weight excluding hydrogens is 610 g/mol. The Morgan fingerprint density at radius 3 is 2.79 bits per heavy atom. The van der Waals surface area contributed by atoms with Crippen LogP contribution in [-0.2, 0) is 17.8 Å². The number of thiazole rings is 1. The Hall–Kier alpha value is -3.51. The molecule has 3 unspecified atom stereocenters. The van der Waals surface area contributed by atoms with Crippen molar-refractivity contribution in [3.63, 3.8) is 0 Å². The van der Waals surface area contributed by atoms with Crippen molar-refractivity contribution in [2.45, 2.75) is 37.6 Å². The molecule has 0 saturated carbocycles. The number of nitrogens with zero attached hydrogens (tertiary/aromatic N) is 7. The fourth-order valence-corrected chi connectivity index (χ4v) is 7.77. The number of nitrogens with one attached hydrogen (secondary N) is 1. The standard InChI is InChI=1S/C30H27Cl2FN8OS/c31-23-12-21(17-1-3-19(4-2-17)40-9-8-38-7-5-20(40)14-38)25(32)26-22(23)15-41(37-26)28(29(42)36-30-34-6-10-43-30)27-24-11-18(33)13-39(24)16-35-27/h1-4,6,10,12,15-16,18,20,28H,5,7-9,11,13-14H2,(H,34,36,42)/t18-,20?,28?/m1/s1. The summed E-state index contributed by atoms with van der Waals surface area (Å²) in [6.45, 7) is 4.64. The van der Waals surface area contributed by atoms with Gasteiger partial charge in [-0.15, -0.1) is 11.3 Å². The minimum Gasteiger partial charge on any atom is -0.366 e. The summed E-state index contributed by atoms with van der Waals surface area (Å²) >= 11 is 15.1. The van der Waals surface area contributed by atoms with Crippen molar-refractivity contribution in [3.05, 3.63) is 75.9 Å². The average Bonchev–Trinajstić information content (AvgIpc) is 3.83. The lowest BCUT2D eigenvalue weighted by atomic mass is 10.0. The van der Waals surface area contributed by atoms with Crippen LogP contribution in [0.15, 0.2) is 54.4 Å². The molecule has 2 bridgehead atoms. The number of halogens is 3. The molecule has 8 rings (SSSR count). The SMILES string of the molecule is O=C(Nc1nccs1)C(c1ncn2c1C[C@@H](F)C2)n1cc2c(Cl)cc(-c3ccc(N4CCN5CCC4C5)cc3)c(Cl)c2n1. The van der Waals surface area contributed by atoms with Crippen molar-refractivity contribution in [1.29, 1.82) is 0 Å². The van der Waals surface area contributed by atoms with Crippen LogP contribution in [-0.4, -0.2) is 73.5 Å². The zero-order valence-electron chi connectivity index (χ0n) is 23.0. The third kappa shape index (κ3) is 4.69. The minimum atomic E-state index is -1.03. The molecule has 1 N–H and O–H groups in total. The molecular formula is C30H27Cl2FN8OS. The zero-order valence-corrected chi connectivity index (χ0v) is 25.3. The van der Waals surface area contributed by atoms with E-state index in [2.05, 4.69) is 49.4 Å². The number of anilines is 2. The zero-order chi connectivity index (χ0) is 29.2. The van der Waals surface area contributed by atoms with Gasteiger partial charge in [0.1, 0.15) is 11.7 Å². The maximum absolute atomic E-state index is 14.3. The van der Waals surface area contributed by atoms with Crippen LogP contribution in [0.5, 0.6) is 0 Å². The Bertz CT molecular complexity index is 1840. The van der Waals surface area contributed by atoms with Gasteiger partial charge in [-0.1, -0.05) is 35.3 Å². The molecule has 2 aromatic carbocycles. The molecule has 220 valence electrons. The Morgan fingerprint density at radius 1 is 1.12 bits per heavy atom. The number of hydrogen-bond acceptors (Lipinski definition) is 7. The van der Waals surface area contributed by atoms with Gasteiger partial charge in [-0.3, -0.25) is 19.7 Å². The molecule has 5 aromatic rings. The van der Waals surface area contributed by atoms with Crippen molar-refractivity contribution in [2.24, 2.45) is 0 Å². The van der Waals surface area contributed by atoms with E-state index in [1.807, 2.05) is 6.07 Å². The van der Waals surface area contributed by atoms with Crippen LogP contribution in [0.3, 0.4) is 0 Å². The summed E-state index contributed by atoms with van der Waals surface area (Å²) in [4.78, 5) is 27.5. The predicted octanol–water partition coefficient (Wildman–Crippen LogP) is 5.68. The van der Waals surface area contributed by atoms with Crippen LogP contribution in [0.4, 0.5) is 15.2 Å². The number of carbonyl (C=O) groups excluding carboxylic acids is 1. The number of piperazine rings is 1. The summed E-state index contributed by atoms with van der Waals surface area (Å²) in [5.41, 5.74) is 4.47. The molecule has 2 fully saturated rings. The maximum atomic E-state index is 14.3. The van der Waals surface area contributed by atoms with Crippen LogP contribution in [0.2, 0.25) is 10.0 Å². The van der Waals surface area contributed by atoms with Gasteiger partial charge in [-0.25, -0.2) is 14.4 Å². The Labute approximate surface area is 260 Å². The molecule has 13 heteroatoms. The quantitative estimate of drug-likeness (QED) is 0.258. The van der Waals surface area contributed by atoms with Gasteiger partial charge in [0, 0.05) is 78.7 Å². The molecule has 6 heterocycles. The van der Waals surface area contributed by atoms with Gasteiger partial charge in [-0.05, 0) is 30.2 Å². The highest BCUT2D eigenvalue weighted by Gasteiger charge is 2.35. The van der Waals surface area contributed by atoms with E-state index in [1.165, 1.54) is 34.7 Å². The summed E-state index contributed by atoms with van der Waals surface area (Å²) in [6, 6.07) is 9.86. The Kier molecular flexibility index (Phi) is 6.66. The van der Waals surface area contributed by atoms with Crippen LogP contribution >= 0.6 is 34.5 Å². The molecule has 0 spiro atoms. The molecule has 43 heavy (non-hydrogen) atoms. The molecule has 3 aliphatic rings. The number of imidazole rings is 1. The third-order valence-electron chi connectivity index (χ3n) is 8.78. The Morgan fingerprint density at radius 2 is 1.98 bits per heavy atom. The van der Waals surface area contributed by atoms with Crippen LogP contribution < -0.4 is 10.2 Å². The number of carbonyl (C=O) groups is 1. The van der Waals surface area contributed by atoms with E-state index in [9.17, 15) is 9.18 Å². The van der Waals surface area contributed by atoms with Crippen molar-refractivity contribution in [2.75, 3.05) is 36.4 Å². The second-order valence-corrected chi connectivity index (χ2v) is 13.0. The van der Waals surface area contributed by atoms with Crippen molar-refractivity contribution in [3.8, 4) is 11.1 Å². The van der Waals surface area contributed by atoms with Gasteiger partial charge in [0.05, 0.1) is 28.6 Å². The van der Waals surface area contributed by atoms with Crippen molar-refractivity contribution >= 4 is 62.2 Å². The summed E-state index contributed by atoms with van der Waals surface area (Å²) in [5, 5.41) is 11.4. The van der Waals surface area contributed by atoms with Crippen molar-refractivity contribution in [1.82, 2.24) is 29.2 Å². The van der Waals surface area contributed by atoms with Crippen LogP contribution in [0.1, 0.15) is 23.9 Å². The lowest BCUT2D eigenvalue weighted by Gasteiger charge is -2.36. The van der Waals surface area contributed by atoms with E-state index >= 15 is 0 Å². The van der Waals surface area contributed by atoms with E-state index in [0.29, 0.717) is 43.5 Å². The number of hydrogen-bond donors (Lipinski definition) is 1. The third-order valence-corrected chi connectivity index (χ3v) is 10.2. The van der Waals surface area contributed by atoms with Crippen LogP contribution in [0, 0.1) is 0 Å². The highest BCUT2D eigenvalue weighted by molar-refractivity contribution is 7.13. The smallest absolute Gasteiger partial charge is 0.257 e. The minimum absolute atomic E-state index is 0.176. The molecule has 3 aromatic heterocycles. The summed E-state index contributed by atoms with van der Waals surface area (Å²) in [6.07, 6.45) is 5.23. The molecule has 1 amide bonds. The van der Waals surface area contributed by atoms with E-state index in [-0.39, 0.29) is 13.0 Å². The number of aromatic nitrogens is 5. The summed E-state index contributed by atoms with van der Waals surface area (Å²) < 4.78 is 17.6. The van der Waals surface area contributed by atoms with Gasteiger partial charge < -0.3 is 9.47 Å². The van der Waals surface area contributed by atoms with E-state index in [4.69, 9.17) is 28.3 Å². The fraction of sp³-hybridized carbons (Fsp3) is 0.333. The first-order chi connectivity index (χ1) is 20.9. The average molecular weight is 638 g/mol. The number of fused-ring (bicyclic) bond motifs is 4. The van der Waals surface area contributed by atoms with Crippen molar-refractivity contribution < 1.29 is 9.18 Å². The second kappa shape index (κ2) is 10.6. The largest absolute Gasteiger partial charge is 0.366 e. The lowest BCUT2D eigenvalue weighted by molar-refractivity contribution is -0.118. The normalized spacial score (nSPS) is 21.8. The first-order valence-electron chi connectivity index (χ1n) is 14.3. The topological polar surface area (TPSA) is 84.1 Å². The number of amides is 1. The summed E-state index contributed by atoms with van der Waals surface area (Å²) in [5.74, 6) is -0.391. The first kappa shape index (κ1) is 27.1. The van der Waals surface area contributed by atoms with Gasteiger partial charge in [-0.2, -0.15) is 5.10 Å². The van der Waals surface area contributed by atoms with Gasteiger partial charge in [0.25, 0.3) is 5.91 Å². The number of rotatable bonds is 6. The Balaban J connectivity index is 1.17. The molecule has 0 aliphatic carbocycles. The van der Waals surface area contributed by atoms with Gasteiger partial charge in [0.2, 0.25) is 0 Å². The van der Waals surface area contributed by atoms with E-state index in [0.717, 1.165) is 30.8 Å². The molecule has 9 nitrogen and oxygen atoms in total. The molecule has 3 aliphatic heterocycles.